The van der Waals surface area contributed by atoms with E-state index in [9.17, 15) is 13.2 Å². The van der Waals surface area contributed by atoms with Crippen molar-refractivity contribution in [2.75, 3.05) is 17.5 Å². The molecule has 214 valence electrons. The van der Waals surface area contributed by atoms with Crippen molar-refractivity contribution in [3.63, 3.8) is 0 Å². The van der Waals surface area contributed by atoms with Gasteiger partial charge in [0.25, 0.3) is 15.9 Å². The van der Waals surface area contributed by atoms with Gasteiger partial charge in [0.1, 0.15) is 12.3 Å². The van der Waals surface area contributed by atoms with E-state index in [4.69, 9.17) is 4.74 Å². The Balaban J connectivity index is 1.56. The van der Waals surface area contributed by atoms with Crippen LogP contribution in [0.4, 0.5) is 5.69 Å². The van der Waals surface area contributed by atoms with Crippen LogP contribution in [-0.2, 0) is 14.8 Å². The van der Waals surface area contributed by atoms with Crippen molar-refractivity contribution in [3.8, 4) is 11.4 Å². The topological polar surface area (TPSA) is 93.0 Å². The summed E-state index contributed by atoms with van der Waals surface area (Å²) in [4.78, 5) is 13.1. The van der Waals surface area contributed by atoms with Crippen LogP contribution in [0.25, 0.3) is 5.69 Å². The van der Waals surface area contributed by atoms with Crippen molar-refractivity contribution < 1.29 is 17.9 Å². The molecule has 1 heterocycles. The molecule has 0 radical (unpaired) electrons. The minimum Gasteiger partial charge on any atom is -0.494 e. The molecular formula is C32H36N4O4S. The van der Waals surface area contributed by atoms with E-state index < -0.39 is 22.5 Å². The predicted octanol–water partition coefficient (Wildman–Crippen LogP) is 5.76. The molecule has 8 nitrogen and oxygen atoms in total. The number of ether oxygens (including phenoxy) is 1. The van der Waals surface area contributed by atoms with Gasteiger partial charge in [0.15, 0.2) is 0 Å². The summed E-state index contributed by atoms with van der Waals surface area (Å²) >= 11 is 0. The van der Waals surface area contributed by atoms with E-state index >= 15 is 0 Å². The Bertz CT molecular complexity index is 1670. The van der Waals surface area contributed by atoms with Gasteiger partial charge in [-0.1, -0.05) is 35.4 Å². The molecule has 0 fully saturated rings. The van der Waals surface area contributed by atoms with E-state index in [0.29, 0.717) is 18.0 Å². The summed E-state index contributed by atoms with van der Waals surface area (Å²) in [6, 6.07) is 21.4. The second-order valence-corrected chi connectivity index (χ2v) is 11.9. The van der Waals surface area contributed by atoms with Crippen LogP contribution in [0.5, 0.6) is 5.75 Å². The first-order valence-corrected chi connectivity index (χ1v) is 14.9. The third-order valence-corrected chi connectivity index (χ3v) is 8.58. The number of carbonyl (C=O) groups excluding carboxylic acids is 1. The maximum Gasteiger partial charge on any atom is 0.264 e. The highest BCUT2D eigenvalue weighted by Crippen LogP contribution is 2.26. The fraction of sp³-hybridized carbons (Fsp3) is 0.250. The van der Waals surface area contributed by atoms with Gasteiger partial charge in [-0.2, -0.15) is 5.10 Å². The molecule has 0 atom stereocenters. The van der Waals surface area contributed by atoms with Crippen LogP contribution in [0, 0.1) is 34.6 Å². The first kappa shape index (κ1) is 29.6. The van der Waals surface area contributed by atoms with E-state index in [0.717, 1.165) is 38.1 Å². The summed E-state index contributed by atoms with van der Waals surface area (Å²) in [5.74, 6) is 0.0328. The maximum atomic E-state index is 13.6. The minimum atomic E-state index is -4.04. The van der Waals surface area contributed by atoms with Gasteiger partial charge in [-0.05, 0) is 95.6 Å². The Kier molecular flexibility index (Phi) is 8.98. The number of rotatable bonds is 10. The van der Waals surface area contributed by atoms with Crippen molar-refractivity contribution in [1.82, 2.24) is 9.99 Å². The lowest BCUT2D eigenvalue weighted by atomic mass is 10.1. The average molecular weight is 573 g/mol. The van der Waals surface area contributed by atoms with Gasteiger partial charge in [0.05, 0.1) is 23.4 Å². The second kappa shape index (κ2) is 12.4. The van der Waals surface area contributed by atoms with Crippen LogP contribution in [0.1, 0.15) is 40.6 Å². The number of hydrogen-bond donors (Lipinski definition) is 1. The monoisotopic (exact) mass is 572 g/mol. The quantitative estimate of drug-likeness (QED) is 0.193. The average Bonchev–Trinajstić information content (AvgIpc) is 3.20. The van der Waals surface area contributed by atoms with Crippen LogP contribution >= 0.6 is 0 Å². The summed E-state index contributed by atoms with van der Waals surface area (Å²) < 4.78 is 36.0. The fourth-order valence-electron chi connectivity index (χ4n) is 4.71. The van der Waals surface area contributed by atoms with Crippen LogP contribution in [0.3, 0.4) is 0 Å². The van der Waals surface area contributed by atoms with Gasteiger partial charge in [-0.3, -0.25) is 9.10 Å². The summed E-state index contributed by atoms with van der Waals surface area (Å²) in [6.07, 6.45) is 1.58. The van der Waals surface area contributed by atoms with Crippen molar-refractivity contribution in [2.24, 2.45) is 5.10 Å². The summed E-state index contributed by atoms with van der Waals surface area (Å²) in [5.41, 5.74) is 10.1. The third-order valence-electron chi connectivity index (χ3n) is 6.79. The molecule has 9 heteroatoms. The standard InChI is InChI=1S/C32H36N4O4S/c1-7-40-29-13-11-28(12-14-29)35(41(38,39)30-15-8-22(2)9-16-30)21-32(37)34-33-20-27-19-25(5)36(26(27)6)31-17-10-23(3)18-24(31)4/h8-20H,7,21H2,1-6H3,(H,34,37)/b33-20-. The highest BCUT2D eigenvalue weighted by molar-refractivity contribution is 7.92. The molecule has 4 rings (SSSR count). The lowest BCUT2D eigenvalue weighted by molar-refractivity contribution is -0.119. The molecule has 0 spiro atoms. The number of hydrogen-bond acceptors (Lipinski definition) is 5. The molecule has 0 bridgehead atoms. The Labute approximate surface area is 242 Å². The normalized spacial score (nSPS) is 11.6. The van der Waals surface area contributed by atoms with Gasteiger partial charge >= 0.3 is 0 Å². The van der Waals surface area contributed by atoms with Gasteiger partial charge in [-0.15, -0.1) is 0 Å². The van der Waals surface area contributed by atoms with E-state index in [2.05, 4.69) is 47.1 Å². The first-order valence-electron chi connectivity index (χ1n) is 13.4. The zero-order valence-electron chi connectivity index (χ0n) is 24.3. The fourth-order valence-corrected chi connectivity index (χ4v) is 6.13. The molecular weight excluding hydrogens is 536 g/mol. The highest BCUT2D eigenvalue weighted by Gasteiger charge is 2.27. The van der Waals surface area contributed by atoms with Crippen molar-refractivity contribution in [2.45, 2.75) is 46.4 Å². The zero-order valence-corrected chi connectivity index (χ0v) is 25.1. The number of nitrogens with one attached hydrogen (secondary N) is 1. The van der Waals surface area contributed by atoms with Gasteiger partial charge in [0.2, 0.25) is 0 Å². The number of nitrogens with zero attached hydrogens (tertiary/aromatic N) is 3. The number of hydrazone groups is 1. The van der Waals surface area contributed by atoms with Crippen LogP contribution in [-0.4, -0.2) is 38.3 Å². The number of aromatic nitrogens is 1. The predicted molar refractivity (Wildman–Crippen MR) is 164 cm³/mol. The maximum absolute atomic E-state index is 13.6. The number of aryl methyl sites for hydroxylation is 4. The summed E-state index contributed by atoms with van der Waals surface area (Å²) in [7, 11) is -4.04. The van der Waals surface area contributed by atoms with Gasteiger partial charge < -0.3 is 9.30 Å². The van der Waals surface area contributed by atoms with Crippen molar-refractivity contribution in [1.29, 1.82) is 0 Å². The Hall–Kier alpha value is -4.37. The lowest BCUT2D eigenvalue weighted by Gasteiger charge is -2.24. The number of carbonyl (C=O) groups is 1. The van der Waals surface area contributed by atoms with Crippen LogP contribution in [0.15, 0.2) is 82.8 Å². The molecule has 0 aliphatic carbocycles. The smallest absolute Gasteiger partial charge is 0.264 e. The first-order chi connectivity index (χ1) is 19.5. The highest BCUT2D eigenvalue weighted by atomic mass is 32.2. The molecule has 0 saturated carbocycles. The number of sulfonamides is 1. The molecule has 1 N–H and O–H groups in total. The summed E-state index contributed by atoms with van der Waals surface area (Å²) in [5, 5.41) is 4.16. The molecule has 0 unspecified atom stereocenters. The Morgan fingerprint density at radius 1 is 0.927 bits per heavy atom. The number of anilines is 1. The number of amides is 1. The molecule has 4 aromatic rings. The third kappa shape index (κ3) is 6.69. The van der Waals surface area contributed by atoms with Crippen molar-refractivity contribution in [3.05, 3.63) is 106 Å². The Morgan fingerprint density at radius 3 is 2.22 bits per heavy atom. The van der Waals surface area contributed by atoms with E-state index in [-0.39, 0.29) is 4.90 Å². The Morgan fingerprint density at radius 2 is 1.59 bits per heavy atom. The van der Waals surface area contributed by atoms with Gasteiger partial charge in [-0.25, -0.2) is 13.8 Å². The minimum absolute atomic E-state index is 0.0899. The molecule has 1 amide bonds. The SMILES string of the molecule is CCOc1ccc(N(CC(=O)N/N=C\c2cc(C)n(-c3ccc(C)cc3C)c2C)S(=O)(=O)c2ccc(C)cc2)cc1. The lowest BCUT2D eigenvalue weighted by Crippen LogP contribution is -2.39. The largest absolute Gasteiger partial charge is 0.494 e. The van der Waals surface area contributed by atoms with Crippen LogP contribution in [0.2, 0.25) is 0 Å². The number of benzene rings is 3. The molecule has 0 aliphatic rings. The molecule has 1 aromatic heterocycles. The van der Waals surface area contributed by atoms with Gasteiger partial charge in [0, 0.05) is 22.6 Å². The van der Waals surface area contributed by atoms with Crippen LogP contribution < -0.4 is 14.5 Å². The van der Waals surface area contributed by atoms with E-state index in [1.165, 1.54) is 17.7 Å². The van der Waals surface area contributed by atoms with E-state index in [1.807, 2.05) is 33.8 Å². The molecule has 41 heavy (non-hydrogen) atoms. The molecule has 3 aromatic carbocycles. The second-order valence-electron chi connectivity index (χ2n) is 10.00. The zero-order chi connectivity index (χ0) is 29.7. The summed E-state index contributed by atoms with van der Waals surface area (Å²) in [6.45, 7) is 11.9. The van der Waals surface area contributed by atoms with Crippen molar-refractivity contribution >= 4 is 27.8 Å². The molecule has 0 aliphatic heterocycles. The van der Waals surface area contributed by atoms with E-state index in [1.54, 1.807) is 42.6 Å². The molecule has 0 saturated heterocycles.